The van der Waals surface area contributed by atoms with Gasteiger partial charge in [-0.05, 0) is 63.9 Å². The second kappa shape index (κ2) is 11.0. The summed E-state index contributed by atoms with van der Waals surface area (Å²) in [5, 5.41) is 2.92. The van der Waals surface area contributed by atoms with Crippen LogP contribution in [0.4, 0.5) is 10.1 Å². The molecule has 0 heterocycles. The molecule has 0 aliphatic rings. The number of nitrogens with zero attached hydrogens (tertiary/aromatic N) is 2. The van der Waals surface area contributed by atoms with Crippen LogP contribution in [0.15, 0.2) is 48.5 Å². The molecular formula is C25H34FN3O4S. The summed E-state index contributed by atoms with van der Waals surface area (Å²) in [5.74, 6) is -1.37. The van der Waals surface area contributed by atoms with Gasteiger partial charge in [-0.25, -0.2) is 12.8 Å². The molecule has 2 aromatic rings. The van der Waals surface area contributed by atoms with Crippen molar-refractivity contribution in [2.24, 2.45) is 0 Å². The largest absolute Gasteiger partial charge is 0.350 e. The Balaban J connectivity index is 2.43. The highest BCUT2D eigenvalue weighted by Crippen LogP contribution is 2.20. The number of anilines is 1. The maximum Gasteiger partial charge on any atom is 0.244 e. The van der Waals surface area contributed by atoms with Gasteiger partial charge in [-0.3, -0.25) is 13.9 Å². The number of carbonyl (C=O) groups excluding carboxylic acids is 2. The van der Waals surface area contributed by atoms with Gasteiger partial charge in [0.2, 0.25) is 21.8 Å². The summed E-state index contributed by atoms with van der Waals surface area (Å²) in [7, 11) is -3.86. The normalized spacial score (nSPS) is 12.7. The molecule has 0 fully saturated rings. The first-order valence-electron chi connectivity index (χ1n) is 11.1. The first-order valence-corrected chi connectivity index (χ1v) is 13.0. The Labute approximate surface area is 202 Å². The Morgan fingerprint density at radius 3 is 2.06 bits per heavy atom. The molecule has 0 radical (unpaired) electrons. The quantitative estimate of drug-likeness (QED) is 0.581. The third kappa shape index (κ3) is 7.83. The third-order valence-corrected chi connectivity index (χ3v) is 6.29. The minimum Gasteiger partial charge on any atom is -0.350 e. The van der Waals surface area contributed by atoms with Crippen LogP contribution in [0.2, 0.25) is 0 Å². The average molecular weight is 492 g/mol. The Bertz CT molecular complexity index is 1090. The standard InChI is InChI=1S/C25H34FN3O4S/c1-7-22(24(31)27-25(3,4)5)28(16-19-10-8-18(2)9-11-19)23(30)17-29(34(6,32)33)21-14-12-20(26)13-15-21/h8-15,22H,7,16-17H2,1-6H3,(H,27,31)/t22-/m1/s1. The summed E-state index contributed by atoms with van der Waals surface area (Å²) in [6.45, 7) is 8.92. The monoisotopic (exact) mass is 491 g/mol. The SMILES string of the molecule is CC[C@H](C(=O)NC(C)(C)C)N(Cc1ccc(C)cc1)C(=O)CN(c1ccc(F)cc1)S(C)(=O)=O. The van der Waals surface area contributed by atoms with Crippen LogP contribution in [0.5, 0.6) is 0 Å². The Kier molecular flexibility index (Phi) is 8.83. The molecule has 1 atom stereocenters. The maximum atomic E-state index is 13.5. The maximum absolute atomic E-state index is 13.5. The van der Waals surface area contributed by atoms with Crippen molar-refractivity contribution in [2.45, 2.75) is 59.2 Å². The van der Waals surface area contributed by atoms with Crippen molar-refractivity contribution >= 4 is 27.5 Å². The highest BCUT2D eigenvalue weighted by molar-refractivity contribution is 7.92. The molecule has 0 bridgehead atoms. The molecule has 9 heteroatoms. The lowest BCUT2D eigenvalue weighted by Crippen LogP contribution is -2.55. The van der Waals surface area contributed by atoms with E-state index in [9.17, 15) is 22.4 Å². The van der Waals surface area contributed by atoms with Crippen LogP contribution >= 0.6 is 0 Å². The lowest BCUT2D eigenvalue weighted by molar-refractivity contribution is -0.141. The molecule has 186 valence electrons. The van der Waals surface area contributed by atoms with E-state index in [-0.39, 0.29) is 18.1 Å². The predicted molar refractivity (Wildman–Crippen MR) is 132 cm³/mol. The van der Waals surface area contributed by atoms with E-state index in [0.29, 0.717) is 6.42 Å². The highest BCUT2D eigenvalue weighted by Gasteiger charge is 2.33. The van der Waals surface area contributed by atoms with E-state index in [1.807, 2.05) is 52.0 Å². The van der Waals surface area contributed by atoms with E-state index < -0.39 is 39.9 Å². The first kappa shape index (κ1) is 27.3. The zero-order chi connectivity index (χ0) is 25.7. The molecule has 0 unspecified atom stereocenters. The zero-order valence-corrected chi connectivity index (χ0v) is 21.4. The minimum absolute atomic E-state index is 0.135. The van der Waals surface area contributed by atoms with Crippen molar-refractivity contribution in [3.05, 3.63) is 65.5 Å². The predicted octanol–water partition coefficient (Wildman–Crippen LogP) is 3.62. The number of carbonyl (C=O) groups is 2. The molecule has 0 saturated carbocycles. The van der Waals surface area contributed by atoms with E-state index in [0.717, 1.165) is 33.8 Å². The van der Waals surface area contributed by atoms with E-state index in [4.69, 9.17) is 0 Å². The van der Waals surface area contributed by atoms with Gasteiger partial charge in [0, 0.05) is 12.1 Å². The number of rotatable bonds is 9. The van der Waals surface area contributed by atoms with Gasteiger partial charge in [-0.2, -0.15) is 0 Å². The van der Waals surface area contributed by atoms with Crippen LogP contribution in [0.3, 0.4) is 0 Å². The molecule has 1 N–H and O–H groups in total. The molecular weight excluding hydrogens is 457 g/mol. The number of hydrogen-bond donors (Lipinski definition) is 1. The summed E-state index contributed by atoms with van der Waals surface area (Å²) in [4.78, 5) is 28.0. The molecule has 34 heavy (non-hydrogen) atoms. The van der Waals surface area contributed by atoms with Gasteiger partial charge in [-0.15, -0.1) is 0 Å². The number of aryl methyl sites for hydroxylation is 1. The van der Waals surface area contributed by atoms with Gasteiger partial charge in [-0.1, -0.05) is 36.8 Å². The van der Waals surface area contributed by atoms with E-state index in [2.05, 4.69) is 5.32 Å². The van der Waals surface area contributed by atoms with Gasteiger partial charge in [0.05, 0.1) is 11.9 Å². The molecule has 7 nitrogen and oxygen atoms in total. The zero-order valence-electron chi connectivity index (χ0n) is 20.6. The van der Waals surface area contributed by atoms with Crippen molar-refractivity contribution in [1.29, 1.82) is 0 Å². The van der Waals surface area contributed by atoms with Crippen LogP contribution < -0.4 is 9.62 Å². The van der Waals surface area contributed by atoms with E-state index in [1.54, 1.807) is 6.92 Å². The van der Waals surface area contributed by atoms with Crippen molar-refractivity contribution < 1.29 is 22.4 Å². The second-order valence-electron chi connectivity index (χ2n) is 9.42. The van der Waals surface area contributed by atoms with Gasteiger partial charge in [0.15, 0.2) is 0 Å². The summed E-state index contributed by atoms with van der Waals surface area (Å²) < 4.78 is 39.3. The van der Waals surface area contributed by atoms with Crippen molar-refractivity contribution in [2.75, 3.05) is 17.1 Å². The number of hydrogen-bond acceptors (Lipinski definition) is 4. The molecule has 2 amide bonds. The van der Waals surface area contributed by atoms with Gasteiger partial charge in [0.25, 0.3) is 0 Å². The lowest BCUT2D eigenvalue weighted by atomic mass is 10.1. The van der Waals surface area contributed by atoms with Crippen LogP contribution in [0, 0.1) is 12.7 Å². The van der Waals surface area contributed by atoms with E-state index >= 15 is 0 Å². The summed E-state index contributed by atoms with van der Waals surface area (Å²) in [5.41, 5.74) is 1.53. The minimum atomic E-state index is -3.86. The van der Waals surface area contributed by atoms with Crippen LogP contribution in [0.1, 0.15) is 45.2 Å². The molecule has 0 aromatic heterocycles. The van der Waals surface area contributed by atoms with Crippen molar-refractivity contribution in [3.8, 4) is 0 Å². The molecule has 0 aliphatic heterocycles. The number of amides is 2. The number of sulfonamides is 1. The smallest absolute Gasteiger partial charge is 0.244 e. The fourth-order valence-electron chi connectivity index (χ4n) is 3.48. The first-order chi connectivity index (χ1) is 15.7. The molecule has 0 aliphatic carbocycles. The van der Waals surface area contributed by atoms with Crippen LogP contribution in [-0.4, -0.2) is 49.5 Å². The molecule has 0 spiro atoms. The Morgan fingerprint density at radius 1 is 1.03 bits per heavy atom. The topological polar surface area (TPSA) is 86.8 Å². The molecule has 2 aromatic carbocycles. The van der Waals surface area contributed by atoms with Gasteiger partial charge < -0.3 is 10.2 Å². The third-order valence-electron chi connectivity index (χ3n) is 5.15. The molecule has 0 saturated heterocycles. The summed E-state index contributed by atoms with van der Waals surface area (Å²) >= 11 is 0. The Hall–Kier alpha value is -2.94. The fraction of sp³-hybridized carbons (Fsp3) is 0.440. The molecule has 2 rings (SSSR count). The Morgan fingerprint density at radius 2 is 1.59 bits per heavy atom. The van der Waals surface area contributed by atoms with Gasteiger partial charge in [0.1, 0.15) is 18.4 Å². The summed E-state index contributed by atoms with van der Waals surface area (Å²) in [6.07, 6.45) is 1.33. The van der Waals surface area contributed by atoms with Gasteiger partial charge >= 0.3 is 0 Å². The number of benzene rings is 2. The van der Waals surface area contributed by atoms with E-state index in [1.165, 1.54) is 17.0 Å². The highest BCUT2D eigenvalue weighted by atomic mass is 32.2. The van der Waals surface area contributed by atoms with Crippen LogP contribution in [0.25, 0.3) is 0 Å². The summed E-state index contributed by atoms with van der Waals surface area (Å²) in [6, 6.07) is 11.6. The lowest BCUT2D eigenvalue weighted by Gasteiger charge is -2.34. The second-order valence-corrected chi connectivity index (χ2v) is 11.3. The van der Waals surface area contributed by atoms with Crippen LogP contribution in [-0.2, 0) is 26.2 Å². The number of nitrogens with one attached hydrogen (secondary N) is 1. The number of halogens is 1. The average Bonchev–Trinajstić information content (AvgIpc) is 2.72. The fourth-order valence-corrected chi connectivity index (χ4v) is 4.33. The van der Waals surface area contributed by atoms with Crippen molar-refractivity contribution in [1.82, 2.24) is 10.2 Å². The van der Waals surface area contributed by atoms with Crippen molar-refractivity contribution in [3.63, 3.8) is 0 Å².